The molecule has 0 aliphatic heterocycles. The van der Waals surface area contributed by atoms with Crippen molar-refractivity contribution in [2.45, 2.75) is 40.3 Å². The number of nitrogens with one attached hydrogen (secondary N) is 1. The van der Waals surface area contributed by atoms with Crippen molar-refractivity contribution < 1.29 is 14.3 Å². The molecule has 5 nitrogen and oxygen atoms in total. The molecule has 0 atom stereocenters. The average Bonchev–Trinajstić information content (AvgIpc) is 2.57. The molecule has 0 radical (unpaired) electrons. The number of hydrogen-bond acceptors (Lipinski definition) is 3. The Kier molecular flexibility index (Phi) is 6.78. The third-order valence-electron chi connectivity index (χ3n) is 3.91. The van der Waals surface area contributed by atoms with Crippen LogP contribution in [0, 0.1) is 6.92 Å². The minimum absolute atomic E-state index is 0.00785. The summed E-state index contributed by atoms with van der Waals surface area (Å²) >= 11 is 0. The van der Waals surface area contributed by atoms with Gasteiger partial charge in [-0.2, -0.15) is 0 Å². The van der Waals surface area contributed by atoms with Crippen molar-refractivity contribution in [3.63, 3.8) is 0 Å². The molecule has 2 rings (SSSR count). The fourth-order valence-corrected chi connectivity index (χ4v) is 2.53. The van der Waals surface area contributed by atoms with E-state index >= 15 is 0 Å². The van der Waals surface area contributed by atoms with Gasteiger partial charge in [-0.15, -0.1) is 0 Å². The number of anilines is 1. The van der Waals surface area contributed by atoms with Crippen LogP contribution in [0.5, 0.6) is 5.75 Å². The molecule has 0 unspecified atom stereocenters. The molecule has 1 N–H and O–H groups in total. The van der Waals surface area contributed by atoms with Gasteiger partial charge in [0.25, 0.3) is 0 Å². The molecule has 0 heterocycles. The summed E-state index contributed by atoms with van der Waals surface area (Å²) < 4.78 is 5.58. The summed E-state index contributed by atoms with van der Waals surface area (Å²) in [5, 5.41) is 2.82. The van der Waals surface area contributed by atoms with E-state index < -0.39 is 0 Å². The fourth-order valence-electron chi connectivity index (χ4n) is 2.53. The van der Waals surface area contributed by atoms with Crippen LogP contribution in [0.15, 0.2) is 48.5 Å². The molecule has 0 bridgehead atoms. The number of carbonyl (C=O) groups is 2. The molecule has 138 valence electrons. The van der Waals surface area contributed by atoms with Crippen LogP contribution in [0.1, 0.15) is 31.9 Å². The van der Waals surface area contributed by atoms with Crippen LogP contribution >= 0.6 is 0 Å². The second-order valence-electron chi connectivity index (χ2n) is 6.54. The summed E-state index contributed by atoms with van der Waals surface area (Å²) in [7, 11) is 0. The molecule has 0 aliphatic carbocycles. The normalized spacial score (nSPS) is 10.5. The van der Waals surface area contributed by atoms with Crippen LogP contribution in [0.25, 0.3) is 0 Å². The molecule has 2 aromatic rings. The van der Waals surface area contributed by atoms with Crippen molar-refractivity contribution in [1.82, 2.24) is 4.90 Å². The van der Waals surface area contributed by atoms with Crippen molar-refractivity contribution >= 4 is 17.5 Å². The van der Waals surface area contributed by atoms with Crippen LogP contribution in [-0.2, 0) is 16.1 Å². The Morgan fingerprint density at radius 2 is 1.73 bits per heavy atom. The highest BCUT2D eigenvalue weighted by molar-refractivity contribution is 5.94. The summed E-state index contributed by atoms with van der Waals surface area (Å²) in [6, 6.07) is 15.0. The Hall–Kier alpha value is -2.82. The highest BCUT2D eigenvalue weighted by Gasteiger charge is 2.15. The summed E-state index contributed by atoms with van der Waals surface area (Å²) in [6.45, 7) is 7.81. The second-order valence-corrected chi connectivity index (χ2v) is 6.54. The fraction of sp³-hybridized carbons (Fsp3) is 0.333. The molecule has 5 heteroatoms. The predicted octanol–water partition coefficient (Wildman–Crippen LogP) is 3.77. The minimum Gasteiger partial charge on any atom is -0.491 e. The summed E-state index contributed by atoms with van der Waals surface area (Å²) in [5.74, 6) is 0.387. The van der Waals surface area contributed by atoms with Gasteiger partial charge >= 0.3 is 0 Å². The molecule has 0 spiro atoms. The summed E-state index contributed by atoms with van der Waals surface area (Å²) in [5.41, 5.74) is 2.80. The van der Waals surface area contributed by atoms with Crippen LogP contribution < -0.4 is 10.1 Å². The van der Waals surface area contributed by atoms with Crippen LogP contribution in [0.2, 0.25) is 0 Å². The van der Waals surface area contributed by atoms with E-state index in [-0.39, 0.29) is 24.5 Å². The molecule has 2 amide bonds. The number of nitrogens with zero attached hydrogens (tertiary/aromatic N) is 1. The molecule has 0 aromatic heterocycles. The quantitative estimate of drug-likeness (QED) is 0.823. The largest absolute Gasteiger partial charge is 0.491 e. The van der Waals surface area contributed by atoms with E-state index in [1.54, 1.807) is 12.1 Å². The molecular weight excluding hydrogens is 328 g/mol. The van der Waals surface area contributed by atoms with Crippen LogP contribution in [-0.4, -0.2) is 29.4 Å². The molecule has 0 saturated heterocycles. The number of ether oxygens (including phenoxy) is 1. The van der Waals surface area contributed by atoms with Crippen molar-refractivity contribution in [2.75, 3.05) is 11.9 Å². The molecule has 0 fully saturated rings. The zero-order chi connectivity index (χ0) is 19.1. The van der Waals surface area contributed by atoms with Gasteiger partial charge in [-0.05, 0) is 56.2 Å². The van der Waals surface area contributed by atoms with Gasteiger partial charge in [0.1, 0.15) is 12.3 Å². The van der Waals surface area contributed by atoms with Crippen molar-refractivity contribution in [3.8, 4) is 5.75 Å². The summed E-state index contributed by atoms with van der Waals surface area (Å²) in [6.07, 6.45) is 0.0982. The van der Waals surface area contributed by atoms with E-state index in [4.69, 9.17) is 4.74 Å². The van der Waals surface area contributed by atoms with Crippen molar-refractivity contribution in [3.05, 3.63) is 59.7 Å². The third kappa shape index (κ3) is 5.92. The van der Waals surface area contributed by atoms with Gasteiger partial charge in [-0.1, -0.05) is 24.3 Å². The monoisotopic (exact) mass is 354 g/mol. The van der Waals surface area contributed by atoms with Gasteiger partial charge in [-0.3, -0.25) is 9.59 Å². The first-order chi connectivity index (χ1) is 12.3. The van der Waals surface area contributed by atoms with E-state index in [2.05, 4.69) is 5.32 Å². The highest BCUT2D eigenvalue weighted by Crippen LogP contribution is 2.17. The first kappa shape index (κ1) is 19.5. The Balaban J connectivity index is 1.97. The number of rotatable bonds is 7. The topological polar surface area (TPSA) is 58.6 Å². The Labute approximate surface area is 155 Å². The average molecular weight is 354 g/mol. The maximum atomic E-state index is 12.3. The molecule has 26 heavy (non-hydrogen) atoms. The maximum Gasteiger partial charge on any atom is 0.244 e. The SMILES string of the molecule is CC(=O)N(CC(=O)Nc1ccc(OC(C)C)cc1)Cc1ccccc1C. The van der Waals surface area contributed by atoms with Gasteiger partial charge < -0.3 is 15.0 Å². The Bertz CT molecular complexity index is 754. The number of amides is 2. The lowest BCUT2D eigenvalue weighted by Gasteiger charge is -2.21. The van der Waals surface area contributed by atoms with E-state index in [9.17, 15) is 9.59 Å². The number of benzene rings is 2. The maximum absolute atomic E-state index is 12.3. The van der Waals surface area contributed by atoms with Crippen LogP contribution in [0.3, 0.4) is 0 Å². The lowest BCUT2D eigenvalue weighted by molar-refractivity contribution is -0.133. The Morgan fingerprint density at radius 1 is 1.08 bits per heavy atom. The molecule has 0 aliphatic rings. The van der Waals surface area contributed by atoms with Gasteiger partial charge in [0.05, 0.1) is 6.10 Å². The van der Waals surface area contributed by atoms with E-state index in [0.29, 0.717) is 12.2 Å². The Morgan fingerprint density at radius 3 is 2.31 bits per heavy atom. The standard InChI is InChI=1S/C21H26N2O3/c1-15(2)26-20-11-9-19(10-12-20)22-21(25)14-23(17(4)24)13-18-8-6-5-7-16(18)3/h5-12,15H,13-14H2,1-4H3,(H,22,25). The van der Waals surface area contributed by atoms with Gasteiger partial charge in [0, 0.05) is 19.2 Å². The van der Waals surface area contributed by atoms with E-state index in [1.807, 2.05) is 57.2 Å². The second kappa shape index (κ2) is 9.04. The van der Waals surface area contributed by atoms with Gasteiger partial charge in [0.15, 0.2) is 0 Å². The van der Waals surface area contributed by atoms with Gasteiger partial charge in [0.2, 0.25) is 11.8 Å². The first-order valence-electron chi connectivity index (χ1n) is 8.71. The zero-order valence-corrected chi connectivity index (χ0v) is 15.8. The smallest absolute Gasteiger partial charge is 0.244 e. The third-order valence-corrected chi connectivity index (χ3v) is 3.91. The van der Waals surface area contributed by atoms with E-state index in [1.165, 1.54) is 11.8 Å². The van der Waals surface area contributed by atoms with Crippen molar-refractivity contribution in [2.24, 2.45) is 0 Å². The van der Waals surface area contributed by atoms with Crippen LogP contribution in [0.4, 0.5) is 5.69 Å². The molecule has 2 aromatic carbocycles. The predicted molar refractivity (Wildman–Crippen MR) is 103 cm³/mol. The molecule has 0 saturated carbocycles. The van der Waals surface area contributed by atoms with E-state index in [0.717, 1.165) is 16.9 Å². The minimum atomic E-state index is -0.230. The molecular formula is C21H26N2O3. The van der Waals surface area contributed by atoms with Gasteiger partial charge in [-0.25, -0.2) is 0 Å². The zero-order valence-electron chi connectivity index (χ0n) is 15.8. The number of hydrogen-bond donors (Lipinski definition) is 1. The van der Waals surface area contributed by atoms with Crippen molar-refractivity contribution in [1.29, 1.82) is 0 Å². The highest BCUT2D eigenvalue weighted by atomic mass is 16.5. The number of carbonyl (C=O) groups excluding carboxylic acids is 2. The lowest BCUT2D eigenvalue weighted by Crippen LogP contribution is -2.36. The first-order valence-corrected chi connectivity index (χ1v) is 8.71. The number of aryl methyl sites for hydroxylation is 1. The summed E-state index contributed by atoms with van der Waals surface area (Å²) in [4.78, 5) is 25.8. The lowest BCUT2D eigenvalue weighted by atomic mass is 10.1.